The average Bonchev–Trinajstić information content (AvgIpc) is 3.00. The van der Waals surface area contributed by atoms with Crippen molar-refractivity contribution in [2.75, 3.05) is 13.2 Å². The van der Waals surface area contributed by atoms with Crippen molar-refractivity contribution in [2.45, 2.75) is 155 Å². The number of phosphoric acid groups is 1. The van der Waals surface area contributed by atoms with Gasteiger partial charge in [-0.15, -0.1) is 0 Å². The molecule has 0 aromatic rings. The summed E-state index contributed by atoms with van der Waals surface area (Å²) >= 11 is 0. The van der Waals surface area contributed by atoms with E-state index in [0.29, 0.717) is 12.8 Å². The van der Waals surface area contributed by atoms with E-state index in [0.717, 1.165) is 89.9 Å². The molecule has 45 heavy (non-hydrogen) atoms. The molecule has 2 N–H and O–H groups in total. The second kappa shape index (κ2) is 32.0. The van der Waals surface area contributed by atoms with Crippen molar-refractivity contribution in [3.63, 3.8) is 0 Å². The van der Waals surface area contributed by atoms with Gasteiger partial charge in [-0.25, -0.2) is 4.57 Å². The Morgan fingerprint density at radius 2 is 1.07 bits per heavy atom. The van der Waals surface area contributed by atoms with Crippen LogP contribution in [0.15, 0.2) is 48.6 Å². The van der Waals surface area contributed by atoms with E-state index in [1.165, 1.54) is 19.3 Å². The Hall–Kier alpha value is -1.99. The second-order valence-electron chi connectivity index (χ2n) is 11.5. The third-order valence-electron chi connectivity index (χ3n) is 7.08. The molecule has 0 saturated carbocycles. The van der Waals surface area contributed by atoms with Crippen LogP contribution < -0.4 is 0 Å². The van der Waals surface area contributed by atoms with Crippen molar-refractivity contribution < 1.29 is 37.9 Å². The molecule has 0 rings (SSSR count). The second-order valence-corrected chi connectivity index (χ2v) is 12.7. The zero-order valence-electron chi connectivity index (χ0n) is 28.3. The first kappa shape index (κ1) is 43.0. The van der Waals surface area contributed by atoms with Gasteiger partial charge < -0.3 is 19.3 Å². The van der Waals surface area contributed by atoms with Crippen LogP contribution in [0.25, 0.3) is 0 Å². The standard InChI is InChI=1S/C36H63O8P/c1-3-5-7-9-11-13-15-17-18-19-21-22-24-26-28-30-35(37)42-32-34(33-43-45(39,40)41)44-36(38)31-29-27-25-23-20-16-14-12-10-8-6-4-2/h5,7,11-14,17-18,34H,3-4,6,8-10,15-16,19-33H2,1-2H3,(H2,39,40,41)/b7-5+,13-11+,14-12+,18-17+/t34-/m1/s1. The van der Waals surface area contributed by atoms with Gasteiger partial charge >= 0.3 is 19.8 Å². The monoisotopic (exact) mass is 654 g/mol. The summed E-state index contributed by atoms with van der Waals surface area (Å²) in [6.45, 7) is 3.50. The van der Waals surface area contributed by atoms with E-state index in [-0.39, 0.29) is 19.4 Å². The van der Waals surface area contributed by atoms with Gasteiger partial charge in [0.2, 0.25) is 0 Å². The first-order chi connectivity index (χ1) is 21.8. The van der Waals surface area contributed by atoms with Crippen LogP contribution in [0.3, 0.4) is 0 Å². The summed E-state index contributed by atoms with van der Waals surface area (Å²) in [5.41, 5.74) is 0. The highest BCUT2D eigenvalue weighted by Crippen LogP contribution is 2.35. The highest BCUT2D eigenvalue weighted by molar-refractivity contribution is 7.46. The van der Waals surface area contributed by atoms with Crippen LogP contribution in [0.5, 0.6) is 0 Å². The van der Waals surface area contributed by atoms with E-state index in [4.69, 9.17) is 19.3 Å². The van der Waals surface area contributed by atoms with Crippen molar-refractivity contribution in [2.24, 2.45) is 0 Å². The predicted octanol–water partition coefficient (Wildman–Crippen LogP) is 10.0. The summed E-state index contributed by atoms with van der Waals surface area (Å²) in [7, 11) is -4.75. The fraction of sp³-hybridized carbons (Fsp3) is 0.722. The number of ether oxygens (including phenoxy) is 2. The summed E-state index contributed by atoms with van der Waals surface area (Å²) in [5.74, 6) is -0.921. The third kappa shape index (κ3) is 34.7. The minimum Gasteiger partial charge on any atom is -0.462 e. The molecule has 0 aliphatic heterocycles. The maximum absolute atomic E-state index is 12.3. The van der Waals surface area contributed by atoms with E-state index >= 15 is 0 Å². The molecule has 0 spiro atoms. The highest BCUT2D eigenvalue weighted by atomic mass is 31.2. The van der Waals surface area contributed by atoms with Gasteiger partial charge in [-0.1, -0.05) is 114 Å². The topological polar surface area (TPSA) is 119 Å². The molecule has 1 atom stereocenters. The molecule has 0 amide bonds. The van der Waals surface area contributed by atoms with E-state index in [1.807, 2.05) is 0 Å². The van der Waals surface area contributed by atoms with Crippen molar-refractivity contribution in [3.05, 3.63) is 48.6 Å². The summed E-state index contributed by atoms with van der Waals surface area (Å²) in [4.78, 5) is 42.6. The van der Waals surface area contributed by atoms with Crippen LogP contribution in [-0.4, -0.2) is 41.0 Å². The van der Waals surface area contributed by atoms with Crippen molar-refractivity contribution >= 4 is 19.8 Å². The lowest BCUT2D eigenvalue weighted by molar-refractivity contribution is -0.161. The normalized spacial score (nSPS) is 13.1. The Morgan fingerprint density at radius 1 is 0.600 bits per heavy atom. The summed E-state index contributed by atoms with van der Waals surface area (Å²) in [6, 6.07) is 0. The van der Waals surface area contributed by atoms with Gasteiger partial charge in [-0.05, 0) is 70.6 Å². The van der Waals surface area contributed by atoms with Gasteiger partial charge in [0.1, 0.15) is 6.61 Å². The van der Waals surface area contributed by atoms with Gasteiger partial charge in [-0.2, -0.15) is 0 Å². The number of carbonyl (C=O) groups is 2. The molecule has 8 nitrogen and oxygen atoms in total. The molecule has 0 aromatic heterocycles. The van der Waals surface area contributed by atoms with E-state index < -0.39 is 32.5 Å². The van der Waals surface area contributed by atoms with Crippen LogP contribution in [0, 0.1) is 0 Å². The maximum atomic E-state index is 12.3. The van der Waals surface area contributed by atoms with Crippen LogP contribution in [0.1, 0.15) is 149 Å². The summed E-state index contributed by atoms with van der Waals surface area (Å²) in [6.07, 6.45) is 36.9. The molecular formula is C36H63O8P. The number of phosphoric ester groups is 1. The maximum Gasteiger partial charge on any atom is 0.469 e. The largest absolute Gasteiger partial charge is 0.469 e. The van der Waals surface area contributed by atoms with Crippen LogP contribution in [0.2, 0.25) is 0 Å². The SMILES string of the molecule is CC/C=C/C/C=C/C/C=C/CCCCCCCC(=O)OC[C@H](COP(=O)(O)O)OC(=O)CCCCCCC/C=C/CCCCC. The number of carbonyl (C=O) groups excluding carboxylic acids is 2. The first-order valence-corrected chi connectivity index (χ1v) is 19.0. The minimum atomic E-state index is -4.75. The van der Waals surface area contributed by atoms with Crippen molar-refractivity contribution in [1.82, 2.24) is 0 Å². The molecule has 0 aromatic carbocycles. The number of unbranched alkanes of at least 4 members (excludes halogenated alkanes) is 13. The minimum absolute atomic E-state index is 0.196. The lowest BCUT2D eigenvalue weighted by Gasteiger charge is -2.18. The number of allylic oxidation sites excluding steroid dienone is 8. The van der Waals surface area contributed by atoms with Gasteiger partial charge in [0.25, 0.3) is 0 Å². The molecule has 0 heterocycles. The molecule has 0 aliphatic rings. The van der Waals surface area contributed by atoms with Crippen molar-refractivity contribution in [3.8, 4) is 0 Å². The highest BCUT2D eigenvalue weighted by Gasteiger charge is 2.22. The molecule has 0 saturated heterocycles. The average molecular weight is 655 g/mol. The molecule has 0 aliphatic carbocycles. The van der Waals surface area contributed by atoms with Gasteiger partial charge in [0.05, 0.1) is 6.61 Å². The number of rotatable bonds is 31. The number of hydrogen-bond donors (Lipinski definition) is 2. The molecule has 9 heteroatoms. The third-order valence-corrected chi connectivity index (χ3v) is 7.57. The molecule has 0 bridgehead atoms. The Bertz CT molecular complexity index is 874. The first-order valence-electron chi connectivity index (χ1n) is 17.4. The molecule has 260 valence electrons. The zero-order valence-corrected chi connectivity index (χ0v) is 29.1. The van der Waals surface area contributed by atoms with E-state index in [1.54, 1.807) is 0 Å². The van der Waals surface area contributed by atoms with Crippen molar-refractivity contribution in [1.29, 1.82) is 0 Å². The fourth-order valence-corrected chi connectivity index (χ4v) is 4.86. The Kier molecular flexibility index (Phi) is 30.6. The van der Waals surface area contributed by atoms with Crippen LogP contribution in [-0.2, 0) is 28.2 Å². The number of hydrogen-bond acceptors (Lipinski definition) is 6. The summed E-state index contributed by atoms with van der Waals surface area (Å²) in [5, 5.41) is 0. The predicted molar refractivity (Wildman–Crippen MR) is 184 cm³/mol. The zero-order chi connectivity index (χ0) is 33.3. The van der Waals surface area contributed by atoms with E-state index in [2.05, 4.69) is 67.0 Å². The Labute approximate surface area is 274 Å². The van der Waals surface area contributed by atoms with E-state index in [9.17, 15) is 14.2 Å². The van der Waals surface area contributed by atoms with Gasteiger partial charge in [0.15, 0.2) is 6.10 Å². The summed E-state index contributed by atoms with van der Waals surface area (Å²) < 4.78 is 26.2. The van der Waals surface area contributed by atoms with Gasteiger partial charge in [-0.3, -0.25) is 14.1 Å². The Balaban J connectivity index is 4.05. The molecule has 0 unspecified atom stereocenters. The van der Waals surface area contributed by atoms with Gasteiger partial charge in [0, 0.05) is 12.8 Å². The number of esters is 2. The lowest BCUT2D eigenvalue weighted by atomic mass is 10.1. The smallest absolute Gasteiger partial charge is 0.462 e. The van der Waals surface area contributed by atoms with Crippen LogP contribution >= 0.6 is 7.82 Å². The Morgan fingerprint density at radius 3 is 1.62 bits per heavy atom. The fourth-order valence-electron chi connectivity index (χ4n) is 4.50. The molecule has 0 radical (unpaired) electrons. The lowest BCUT2D eigenvalue weighted by Crippen LogP contribution is -2.29. The molecular weight excluding hydrogens is 591 g/mol. The van der Waals surface area contributed by atoms with Crippen LogP contribution in [0.4, 0.5) is 0 Å². The molecule has 0 fully saturated rings. The quantitative estimate of drug-likeness (QED) is 0.0328.